The second kappa shape index (κ2) is 6.93. The van der Waals surface area contributed by atoms with Crippen molar-refractivity contribution in [1.82, 2.24) is 14.8 Å². The van der Waals surface area contributed by atoms with Gasteiger partial charge in [-0.25, -0.2) is 0 Å². The summed E-state index contributed by atoms with van der Waals surface area (Å²) in [4.78, 5) is 11.9. The molecule has 0 saturated heterocycles. The Morgan fingerprint density at radius 3 is 2.86 bits per heavy atom. The van der Waals surface area contributed by atoms with Gasteiger partial charge in [0.1, 0.15) is 5.82 Å². The van der Waals surface area contributed by atoms with Crippen LogP contribution < -0.4 is 11.1 Å². The van der Waals surface area contributed by atoms with Gasteiger partial charge in [0, 0.05) is 7.05 Å². The zero-order valence-corrected chi connectivity index (χ0v) is 13.3. The van der Waals surface area contributed by atoms with Crippen LogP contribution in [0.1, 0.15) is 11.4 Å². The molecule has 0 unspecified atom stereocenters. The summed E-state index contributed by atoms with van der Waals surface area (Å²) in [5.41, 5.74) is 7.17. The van der Waals surface area contributed by atoms with Crippen LogP contribution in [0.15, 0.2) is 23.4 Å². The summed E-state index contributed by atoms with van der Waals surface area (Å²) in [5, 5.41) is 11.9. The van der Waals surface area contributed by atoms with E-state index in [-0.39, 0.29) is 11.7 Å². The predicted octanol–water partition coefficient (Wildman–Crippen LogP) is 1.97. The van der Waals surface area contributed by atoms with E-state index >= 15 is 0 Å². The summed E-state index contributed by atoms with van der Waals surface area (Å²) in [6.45, 7) is 2.26. The van der Waals surface area contributed by atoms with Crippen LogP contribution in [0.25, 0.3) is 0 Å². The van der Waals surface area contributed by atoms with E-state index in [0.717, 1.165) is 5.56 Å². The lowest BCUT2D eigenvalue weighted by Gasteiger charge is -2.07. The topological polar surface area (TPSA) is 85.8 Å². The molecule has 2 aromatic rings. The van der Waals surface area contributed by atoms with Crippen molar-refractivity contribution >= 4 is 35.0 Å². The first-order valence-corrected chi connectivity index (χ1v) is 7.64. The number of carbonyl (C=O) groups excluding carboxylic acids is 1. The van der Waals surface area contributed by atoms with Crippen molar-refractivity contribution < 1.29 is 4.79 Å². The highest BCUT2D eigenvalue weighted by Crippen LogP contribution is 2.23. The SMILES string of the molecule is Cc1ccc(NC(=O)CSc2nnc(CN)n2C)c(Cl)c1. The molecule has 21 heavy (non-hydrogen) atoms. The standard InChI is InChI=1S/C13H16ClN5OS/c1-8-3-4-10(9(14)5-8)16-12(20)7-21-13-18-17-11(6-15)19(13)2/h3-5H,6-7,15H2,1-2H3,(H,16,20). The van der Waals surface area contributed by atoms with Crippen molar-refractivity contribution in [2.75, 3.05) is 11.1 Å². The summed E-state index contributed by atoms with van der Waals surface area (Å²) in [5.74, 6) is 0.753. The molecule has 0 atom stereocenters. The van der Waals surface area contributed by atoms with Crippen LogP contribution in [-0.4, -0.2) is 26.4 Å². The molecular weight excluding hydrogens is 310 g/mol. The van der Waals surface area contributed by atoms with E-state index in [4.69, 9.17) is 17.3 Å². The van der Waals surface area contributed by atoms with Crippen molar-refractivity contribution in [2.45, 2.75) is 18.6 Å². The third-order valence-corrected chi connectivity index (χ3v) is 4.17. The molecule has 1 aromatic carbocycles. The van der Waals surface area contributed by atoms with Crippen LogP contribution in [0.3, 0.4) is 0 Å². The van der Waals surface area contributed by atoms with Gasteiger partial charge in [0.25, 0.3) is 0 Å². The molecule has 3 N–H and O–H groups in total. The van der Waals surface area contributed by atoms with Crippen LogP contribution in [0.2, 0.25) is 5.02 Å². The van der Waals surface area contributed by atoms with Gasteiger partial charge >= 0.3 is 0 Å². The lowest BCUT2D eigenvalue weighted by Crippen LogP contribution is -2.15. The maximum Gasteiger partial charge on any atom is 0.234 e. The minimum absolute atomic E-state index is 0.150. The Morgan fingerprint density at radius 1 is 1.48 bits per heavy atom. The maximum absolute atomic E-state index is 11.9. The molecule has 2 rings (SSSR count). The molecule has 8 heteroatoms. The van der Waals surface area contributed by atoms with Gasteiger partial charge in [0.05, 0.1) is 23.0 Å². The molecule has 1 aromatic heterocycles. The molecular formula is C13H16ClN5OS. The Kier molecular flexibility index (Phi) is 5.22. The molecule has 0 bridgehead atoms. The number of anilines is 1. The zero-order valence-electron chi connectivity index (χ0n) is 11.8. The van der Waals surface area contributed by atoms with Gasteiger partial charge in [-0.1, -0.05) is 29.4 Å². The van der Waals surface area contributed by atoms with Crippen molar-refractivity contribution in [3.63, 3.8) is 0 Å². The number of hydrogen-bond acceptors (Lipinski definition) is 5. The minimum Gasteiger partial charge on any atom is -0.324 e. The second-order valence-electron chi connectivity index (χ2n) is 4.48. The maximum atomic E-state index is 11.9. The molecule has 0 fully saturated rings. The zero-order chi connectivity index (χ0) is 15.4. The largest absolute Gasteiger partial charge is 0.324 e. The van der Waals surface area contributed by atoms with Crippen molar-refractivity contribution in [1.29, 1.82) is 0 Å². The summed E-state index contributed by atoms with van der Waals surface area (Å²) >= 11 is 7.37. The van der Waals surface area contributed by atoms with Crippen LogP contribution in [0.4, 0.5) is 5.69 Å². The molecule has 0 spiro atoms. The number of thioether (sulfide) groups is 1. The lowest BCUT2D eigenvalue weighted by molar-refractivity contribution is -0.113. The number of hydrogen-bond donors (Lipinski definition) is 2. The van der Waals surface area contributed by atoms with E-state index in [1.54, 1.807) is 16.7 Å². The highest BCUT2D eigenvalue weighted by Gasteiger charge is 2.11. The fourth-order valence-corrected chi connectivity index (χ4v) is 2.70. The molecule has 0 aliphatic heterocycles. The Hall–Kier alpha value is -1.57. The van der Waals surface area contributed by atoms with Crippen LogP contribution in [-0.2, 0) is 18.4 Å². The van der Waals surface area contributed by atoms with Gasteiger partial charge in [-0.15, -0.1) is 10.2 Å². The third kappa shape index (κ3) is 3.96. The average Bonchev–Trinajstić information content (AvgIpc) is 2.80. The van der Waals surface area contributed by atoms with E-state index in [1.807, 2.05) is 20.0 Å². The number of carbonyl (C=O) groups is 1. The number of amides is 1. The number of nitrogens with one attached hydrogen (secondary N) is 1. The van der Waals surface area contributed by atoms with Gasteiger partial charge in [-0.2, -0.15) is 0 Å². The number of nitrogens with zero attached hydrogens (tertiary/aromatic N) is 3. The molecule has 0 radical (unpaired) electrons. The third-order valence-electron chi connectivity index (χ3n) is 2.84. The lowest BCUT2D eigenvalue weighted by atomic mass is 10.2. The Labute approximate surface area is 132 Å². The highest BCUT2D eigenvalue weighted by atomic mass is 35.5. The molecule has 112 valence electrons. The predicted molar refractivity (Wildman–Crippen MR) is 84.4 cm³/mol. The average molecular weight is 326 g/mol. The first-order valence-electron chi connectivity index (χ1n) is 6.28. The first-order chi connectivity index (χ1) is 10.0. The highest BCUT2D eigenvalue weighted by molar-refractivity contribution is 7.99. The Bertz CT molecular complexity index is 658. The van der Waals surface area contributed by atoms with E-state index in [2.05, 4.69) is 15.5 Å². The van der Waals surface area contributed by atoms with Gasteiger partial charge in [-0.3, -0.25) is 4.79 Å². The van der Waals surface area contributed by atoms with E-state index in [1.165, 1.54) is 11.8 Å². The Morgan fingerprint density at radius 2 is 2.24 bits per heavy atom. The van der Waals surface area contributed by atoms with Crippen LogP contribution in [0, 0.1) is 6.92 Å². The van der Waals surface area contributed by atoms with Crippen molar-refractivity contribution in [2.24, 2.45) is 12.8 Å². The molecule has 0 aliphatic carbocycles. The summed E-state index contributed by atoms with van der Waals surface area (Å²) in [7, 11) is 1.82. The summed E-state index contributed by atoms with van der Waals surface area (Å²) in [6.07, 6.45) is 0. The van der Waals surface area contributed by atoms with Gasteiger partial charge in [0.15, 0.2) is 5.16 Å². The molecule has 0 aliphatic rings. The van der Waals surface area contributed by atoms with Gasteiger partial charge in [0.2, 0.25) is 5.91 Å². The molecule has 1 amide bonds. The fourth-order valence-electron chi connectivity index (χ4n) is 1.69. The van der Waals surface area contributed by atoms with Gasteiger partial charge in [-0.05, 0) is 24.6 Å². The quantitative estimate of drug-likeness (QED) is 0.821. The van der Waals surface area contributed by atoms with Crippen LogP contribution >= 0.6 is 23.4 Å². The monoisotopic (exact) mass is 325 g/mol. The molecule has 0 saturated carbocycles. The van der Waals surface area contributed by atoms with Crippen LogP contribution in [0.5, 0.6) is 0 Å². The number of aryl methyl sites for hydroxylation is 1. The smallest absolute Gasteiger partial charge is 0.234 e. The number of nitrogens with two attached hydrogens (primary N) is 1. The number of halogens is 1. The van der Waals surface area contributed by atoms with Gasteiger partial charge < -0.3 is 15.6 Å². The fraction of sp³-hybridized carbons (Fsp3) is 0.308. The molecule has 6 nitrogen and oxygen atoms in total. The number of benzene rings is 1. The summed E-state index contributed by atoms with van der Waals surface area (Å²) in [6, 6.07) is 5.49. The Balaban J connectivity index is 1.94. The number of aromatic nitrogens is 3. The first kappa shape index (κ1) is 15.8. The summed E-state index contributed by atoms with van der Waals surface area (Å²) < 4.78 is 1.77. The second-order valence-corrected chi connectivity index (χ2v) is 5.83. The van der Waals surface area contributed by atoms with E-state index in [0.29, 0.717) is 28.2 Å². The van der Waals surface area contributed by atoms with E-state index < -0.39 is 0 Å². The molecule has 1 heterocycles. The normalized spacial score (nSPS) is 10.7. The number of rotatable bonds is 5. The van der Waals surface area contributed by atoms with Crippen molar-refractivity contribution in [3.05, 3.63) is 34.6 Å². The van der Waals surface area contributed by atoms with Crippen molar-refractivity contribution in [3.8, 4) is 0 Å². The van der Waals surface area contributed by atoms with E-state index in [9.17, 15) is 4.79 Å². The minimum atomic E-state index is -0.150.